The molecule has 0 N–H and O–H groups in total. The molecule has 2 aliphatic heterocycles. The van der Waals surface area contributed by atoms with E-state index in [1.807, 2.05) is 0 Å². The minimum absolute atomic E-state index is 0.000509. The Labute approximate surface area is 232 Å². The van der Waals surface area contributed by atoms with E-state index in [9.17, 15) is 0 Å². The van der Waals surface area contributed by atoms with Crippen LogP contribution < -0.4 is 20.5 Å². The van der Waals surface area contributed by atoms with Crippen molar-refractivity contribution in [3.63, 3.8) is 0 Å². The van der Waals surface area contributed by atoms with E-state index >= 15 is 0 Å². The number of hydrogen-bond acceptors (Lipinski definition) is 2. The highest BCUT2D eigenvalue weighted by atomic mass is 16.5. The molecule has 0 saturated heterocycles. The van der Waals surface area contributed by atoms with Gasteiger partial charge in [-0.3, -0.25) is 0 Å². The highest BCUT2D eigenvalue weighted by molar-refractivity contribution is 6.92. The molecule has 0 aliphatic carbocycles. The van der Waals surface area contributed by atoms with Gasteiger partial charge in [0.05, 0.1) is 11.0 Å². The quantitative estimate of drug-likeness (QED) is 0.221. The molecule has 40 heavy (non-hydrogen) atoms. The largest absolute Gasteiger partial charge is 0.458 e. The van der Waals surface area contributed by atoms with Crippen LogP contribution in [0.15, 0.2) is 140 Å². The minimum Gasteiger partial charge on any atom is -0.458 e. The zero-order valence-corrected chi connectivity index (χ0v) is 21.7. The Morgan fingerprint density at radius 1 is 0.500 bits per heavy atom. The molecule has 0 saturated carbocycles. The number of aromatic nitrogens is 1. The van der Waals surface area contributed by atoms with Crippen molar-refractivity contribution in [1.29, 1.82) is 0 Å². The average Bonchev–Trinajstić information content (AvgIpc) is 3.36. The van der Waals surface area contributed by atoms with Crippen LogP contribution >= 0.6 is 0 Å². The zero-order valence-electron chi connectivity index (χ0n) is 21.7. The molecule has 0 radical (unpaired) electrons. The van der Waals surface area contributed by atoms with Crippen LogP contribution in [0, 0.1) is 0 Å². The molecular weight excluding hydrogens is 487 g/mol. The second-order valence-electron chi connectivity index (χ2n) is 10.5. The third kappa shape index (κ3) is 2.90. The minimum atomic E-state index is -0.000509. The maximum atomic E-state index is 6.47. The van der Waals surface area contributed by atoms with Crippen molar-refractivity contribution in [2.24, 2.45) is 0 Å². The molecule has 0 amide bonds. The van der Waals surface area contributed by atoms with E-state index in [-0.39, 0.29) is 6.85 Å². The lowest BCUT2D eigenvalue weighted by Gasteiger charge is -2.41. The van der Waals surface area contributed by atoms with Gasteiger partial charge in [-0.25, -0.2) is 0 Å². The van der Waals surface area contributed by atoms with Crippen LogP contribution in [0.4, 0.5) is 11.4 Å². The molecule has 0 spiro atoms. The van der Waals surface area contributed by atoms with Crippen LogP contribution in [0.25, 0.3) is 38.6 Å². The fourth-order valence-electron chi connectivity index (χ4n) is 6.81. The van der Waals surface area contributed by atoms with Gasteiger partial charge in [0, 0.05) is 38.9 Å². The molecule has 0 unspecified atom stereocenters. The van der Waals surface area contributed by atoms with E-state index in [0.717, 1.165) is 22.9 Å². The second-order valence-corrected chi connectivity index (χ2v) is 10.5. The van der Waals surface area contributed by atoms with Gasteiger partial charge in [-0.1, -0.05) is 91.0 Å². The number of rotatable bonds is 2. The van der Waals surface area contributed by atoms with Crippen LogP contribution in [-0.4, -0.2) is 11.4 Å². The molecule has 3 nitrogen and oxygen atoms in total. The summed E-state index contributed by atoms with van der Waals surface area (Å²) in [5, 5.41) is 2.53. The summed E-state index contributed by atoms with van der Waals surface area (Å²) in [6, 6.07) is 50.0. The first-order valence-corrected chi connectivity index (χ1v) is 13.7. The molecule has 9 rings (SSSR count). The van der Waals surface area contributed by atoms with Gasteiger partial charge in [0.2, 0.25) is 0 Å². The van der Waals surface area contributed by atoms with Gasteiger partial charge in [0.15, 0.2) is 0 Å². The summed E-state index contributed by atoms with van der Waals surface area (Å²) in [5.74, 6) is 1.85. The van der Waals surface area contributed by atoms with Gasteiger partial charge in [0.1, 0.15) is 11.5 Å². The van der Waals surface area contributed by atoms with Gasteiger partial charge in [-0.15, -0.1) is 0 Å². The van der Waals surface area contributed by atoms with Gasteiger partial charge in [-0.05, 0) is 59.6 Å². The first-order chi connectivity index (χ1) is 19.9. The van der Waals surface area contributed by atoms with E-state index in [1.165, 1.54) is 49.5 Å². The summed E-state index contributed by atoms with van der Waals surface area (Å²) >= 11 is 0. The first-order valence-electron chi connectivity index (χ1n) is 13.7. The number of nitrogens with zero attached hydrogens (tertiary/aromatic N) is 2. The van der Waals surface area contributed by atoms with Crippen molar-refractivity contribution in [2.45, 2.75) is 0 Å². The van der Waals surface area contributed by atoms with E-state index in [0.29, 0.717) is 0 Å². The fourth-order valence-corrected chi connectivity index (χ4v) is 6.81. The molecular formula is C36H23BN2O. The van der Waals surface area contributed by atoms with Gasteiger partial charge < -0.3 is 14.1 Å². The summed E-state index contributed by atoms with van der Waals surface area (Å²) in [7, 11) is 0. The molecule has 2 aliphatic rings. The third-order valence-corrected chi connectivity index (χ3v) is 8.43. The number of benzene rings is 6. The second kappa shape index (κ2) is 8.14. The van der Waals surface area contributed by atoms with E-state index in [2.05, 4.69) is 149 Å². The predicted molar refractivity (Wildman–Crippen MR) is 166 cm³/mol. The smallest absolute Gasteiger partial charge is 0.336 e. The number of fused-ring (bicyclic) bond motifs is 7. The maximum Gasteiger partial charge on any atom is 0.336 e. The van der Waals surface area contributed by atoms with Crippen LogP contribution in [0.3, 0.4) is 0 Å². The molecule has 6 aromatic carbocycles. The lowest BCUT2D eigenvalue weighted by atomic mass is 9.44. The van der Waals surface area contributed by atoms with Crippen LogP contribution in [0.5, 0.6) is 11.5 Å². The van der Waals surface area contributed by atoms with Crippen LogP contribution in [-0.2, 0) is 0 Å². The normalized spacial score (nSPS) is 13.1. The summed E-state index contributed by atoms with van der Waals surface area (Å²) in [6.07, 6.45) is 0. The predicted octanol–water partition coefficient (Wildman–Crippen LogP) is 7.81. The molecule has 0 atom stereocenters. The van der Waals surface area contributed by atoms with Crippen LogP contribution in [0.2, 0.25) is 0 Å². The summed E-state index contributed by atoms with van der Waals surface area (Å²) in [6.45, 7) is -0.000509. The van der Waals surface area contributed by atoms with E-state index in [1.54, 1.807) is 0 Å². The molecule has 186 valence electrons. The highest BCUT2D eigenvalue weighted by Crippen LogP contribution is 2.44. The van der Waals surface area contributed by atoms with Gasteiger partial charge in [-0.2, -0.15) is 0 Å². The van der Waals surface area contributed by atoms with Crippen molar-refractivity contribution in [1.82, 2.24) is 4.57 Å². The van der Waals surface area contributed by atoms with Crippen LogP contribution in [0.1, 0.15) is 0 Å². The lowest BCUT2D eigenvalue weighted by molar-refractivity contribution is 0.487. The average molecular weight is 510 g/mol. The molecule has 0 fully saturated rings. The van der Waals surface area contributed by atoms with Crippen molar-refractivity contribution in [3.05, 3.63) is 140 Å². The SMILES string of the molecule is c1cc(N2B3c4ccccc4Oc4cccc(c43)-c3ccccc32)cc(-n2c3ccccc3c3ccccc32)c1. The first kappa shape index (κ1) is 21.7. The summed E-state index contributed by atoms with van der Waals surface area (Å²) < 4.78 is 8.86. The molecule has 7 aromatic rings. The Morgan fingerprint density at radius 2 is 1.12 bits per heavy atom. The Kier molecular flexibility index (Phi) is 4.41. The maximum absolute atomic E-state index is 6.47. The van der Waals surface area contributed by atoms with Crippen molar-refractivity contribution < 1.29 is 4.74 Å². The van der Waals surface area contributed by atoms with Crippen molar-refractivity contribution in [3.8, 4) is 28.3 Å². The third-order valence-electron chi connectivity index (χ3n) is 8.43. The van der Waals surface area contributed by atoms with Gasteiger partial charge >= 0.3 is 6.85 Å². The van der Waals surface area contributed by atoms with E-state index in [4.69, 9.17) is 4.74 Å². The highest BCUT2D eigenvalue weighted by Gasteiger charge is 2.43. The Morgan fingerprint density at radius 3 is 1.98 bits per heavy atom. The monoisotopic (exact) mass is 510 g/mol. The Balaban J connectivity index is 1.32. The van der Waals surface area contributed by atoms with Crippen molar-refractivity contribution >= 4 is 51.0 Å². The molecule has 1 aromatic heterocycles. The Bertz CT molecular complexity index is 2070. The van der Waals surface area contributed by atoms with Gasteiger partial charge in [0.25, 0.3) is 0 Å². The number of anilines is 2. The number of ether oxygens (including phenoxy) is 1. The molecule has 4 heteroatoms. The number of para-hydroxylation sites is 4. The summed E-state index contributed by atoms with van der Waals surface area (Å²) in [4.78, 5) is 2.50. The molecule has 0 bridgehead atoms. The zero-order chi connectivity index (χ0) is 26.2. The topological polar surface area (TPSA) is 17.4 Å². The van der Waals surface area contributed by atoms with E-state index < -0.39 is 0 Å². The Hall–Kier alpha value is -5.22. The molecule has 3 heterocycles. The summed E-state index contributed by atoms with van der Waals surface area (Å²) in [5.41, 5.74) is 10.8. The number of hydrogen-bond donors (Lipinski definition) is 0. The standard InChI is InChI=1S/C36H23BN2O/c1-5-18-31-26(13-1)27-14-2-6-19-32(27)38(31)24-11-9-12-25(23-24)39-33-20-7-3-15-28(33)29-16-10-22-35-36(29)37(39)30-17-4-8-21-34(30)40-35/h1-23H. The lowest BCUT2D eigenvalue weighted by Crippen LogP contribution is -2.59. The fraction of sp³-hybridized carbons (Fsp3) is 0. The van der Waals surface area contributed by atoms with Crippen molar-refractivity contribution in [2.75, 3.05) is 4.81 Å².